The average molecular weight is 235 g/mol. The second-order valence-corrected chi connectivity index (χ2v) is 4.24. The molecule has 82 valence electrons. The Morgan fingerprint density at radius 3 is 2.88 bits per heavy atom. The van der Waals surface area contributed by atoms with Crippen LogP contribution in [0.25, 0.3) is 10.2 Å². The van der Waals surface area contributed by atoms with Gasteiger partial charge in [-0.1, -0.05) is 0 Å². The predicted octanol–water partition coefficient (Wildman–Crippen LogP) is 2.34. The van der Waals surface area contributed by atoms with Gasteiger partial charge in [0.1, 0.15) is 0 Å². The van der Waals surface area contributed by atoms with Crippen LogP contribution in [-0.2, 0) is 4.79 Å². The fourth-order valence-corrected chi connectivity index (χ4v) is 2.05. The van der Waals surface area contributed by atoms with Gasteiger partial charge in [-0.3, -0.25) is 9.59 Å². The first-order valence-electron chi connectivity index (χ1n) is 4.75. The van der Waals surface area contributed by atoms with E-state index in [2.05, 4.69) is 4.98 Å². The van der Waals surface area contributed by atoms with E-state index >= 15 is 0 Å². The van der Waals surface area contributed by atoms with Crippen LogP contribution in [0.15, 0.2) is 23.7 Å². The Hall–Kier alpha value is -1.75. The largest absolute Gasteiger partial charge is 0.481 e. The second kappa shape index (κ2) is 4.40. The lowest BCUT2D eigenvalue weighted by Gasteiger charge is -1.98. The van der Waals surface area contributed by atoms with Crippen LogP contribution < -0.4 is 0 Å². The zero-order valence-corrected chi connectivity index (χ0v) is 9.16. The first kappa shape index (κ1) is 10.8. The first-order valence-corrected chi connectivity index (χ1v) is 5.63. The molecule has 0 radical (unpaired) electrons. The minimum absolute atomic E-state index is 0.0327. The Bertz CT molecular complexity index is 547. The number of rotatable bonds is 4. The molecular formula is C11H9NO3S. The van der Waals surface area contributed by atoms with Gasteiger partial charge in [-0.05, 0) is 18.2 Å². The maximum absolute atomic E-state index is 11.6. The Labute approximate surface area is 95.6 Å². The molecule has 0 saturated carbocycles. The molecule has 16 heavy (non-hydrogen) atoms. The predicted molar refractivity (Wildman–Crippen MR) is 60.8 cm³/mol. The summed E-state index contributed by atoms with van der Waals surface area (Å²) in [5, 5.41) is 8.49. The molecule has 1 aromatic carbocycles. The molecule has 0 aliphatic carbocycles. The molecule has 5 heteroatoms. The normalized spacial score (nSPS) is 10.5. The summed E-state index contributed by atoms with van der Waals surface area (Å²) < 4.78 is 1.02. The average Bonchev–Trinajstić information content (AvgIpc) is 2.72. The number of nitrogens with zero attached hydrogens (tertiary/aromatic N) is 1. The zero-order valence-electron chi connectivity index (χ0n) is 8.34. The molecule has 0 bridgehead atoms. The lowest BCUT2D eigenvalue weighted by molar-refractivity contribution is -0.136. The van der Waals surface area contributed by atoms with Crippen molar-refractivity contribution < 1.29 is 14.7 Å². The summed E-state index contributed by atoms with van der Waals surface area (Å²) in [5.41, 5.74) is 3.03. The lowest BCUT2D eigenvalue weighted by atomic mass is 10.1. The summed E-state index contributed by atoms with van der Waals surface area (Å²) in [7, 11) is 0. The topological polar surface area (TPSA) is 67.3 Å². The standard InChI is InChI=1S/C11H9NO3S/c13-9(2-4-11(14)15)7-1-3-10-8(5-7)12-6-16-10/h1,3,5-6H,2,4H2,(H,14,15). The van der Waals surface area contributed by atoms with Gasteiger partial charge in [-0.25, -0.2) is 4.98 Å². The van der Waals surface area contributed by atoms with Gasteiger partial charge in [-0.2, -0.15) is 0 Å². The smallest absolute Gasteiger partial charge is 0.303 e. The number of carboxylic acid groups (broad SMARTS) is 1. The van der Waals surface area contributed by atoms with E-state index in [0.717, 1.165) is 10.2 Å². The number of Topliss-reactive ketones (excluding diaryl/α,β-unsaturated/α-hetero) is 1. The van der Waals surface area contributed by atoms with E-state index in [1.807, 2.05) is 6.07 Å². The highest BCUT2D eigenvalue weighted by Gasteiger charge is 2.09. The molecular weight excluding hydrogens is 226 g/mol. The van der Waals surface area contributed by atoms with E-state index in [1.54, 1.807) is 17.6 Å². The molecule has 0 unspecified atom stereocenters. The van der Waals surface area contributed by atoms with Crippen molar-refractivity contribution >= 4 is 33.3 Å². The Morgan fingerprint density at radius 2 is 2.12 bits per heavy atom. The van der Waals surface area contributed by atoms with Crippen molar-refractivity contribution in [3.8, 4) is 0 Å². The number of carbonyl (C=O) groups excluding carboxylic acids is 1. The van der Waals surface area contributed by atoms with Crippen LogP contribution in [0, 0.1) is 0 Å². The molecule has 0 aliphatic rings. The van der Waals surface area contributed by atoms with Gasteiger partial charge in [0.25, 0.3) is 0 Å². The van der Waals surface area contributed by atoms with E-state index < -0.39 is 5.97 Å². The number of fused-ring (bicyclic) bond motifs is 1. The molecule has 0 atom stereocenters. The number of benzene rings is 1. The molecule has 0 spiro atoms. The molecule has 4 nitrogen and oxygen atoms in total. The van der Waals surface area contributed by atoms with Gasteiger partial charge in [0.2, 0.25) is 0 Å². The summed E-state index contributed by atoms with van der Waals surface area (Å²) in [6.45, 7) is 0. The van der Waals surface area contributed by atoms with Gasteiger partial charge in [0.05, 0.1) is 22.1 Å². The van der Waals surface area contributed by atoms with Crippen molar-refractivity contribution in [1.82, 2.24) is 4.98 Å². The number of thiazole rings is 1. The Balaban J connectivity index is 2.19. The van der Waals surface area contributed by atoms with Crippen molar-refractivity contribution in [2.24, 2.45) is 0 Å². The molecule has 2 aromatic rings. The van der Waals surface area contributed by atoms with Crippen molar-refractivity contribution in [2.45, 2.75) is 12.8 Å². The number of carboxylic acids is 1. The van der Waals surface area contributed by atoms with Gasteiger partial charge in [0, 0.05) is 12.0 Å². The van der Waals surface area contributed by atoms with Crippen LogP contribution in [0.4, 0.5) is 0 Å². The zero-order chi connectivity index (χ0) is 11.5. The van der Waals surface area contributed by atoms with E-state index in [1.165, 1.54) is 11.3 Å². The van der Waals surface area contributed by atoms with Crippen LogP contribution in [-0.4, -0.2) is 21.8 Å². The molecule has 1 heterocycles. The summed E-state index contributed by atoms with van der Waals surface area (Å²) in [4.78, 5) is 26.1. The molecule has 1 aromatic heterocycles. The number of aliphatic carboxylic acids is 1. The maximum atomic E-state index is 11.6. The van der Waals surface area contributed by atoms with Gasteiger partial charge in [0.15, 0.2) is 5.78 Å². The highest BCUT2D eigenvalue weighted by Crippen LogP contribution is 2.19. The third kappa shape index (κ3) is 2.25. The third-order valence-electron chi connectivity index (χ3n) is 2.22. The van der Waals surface area contributed by atoms with Crippen LogP contribution in [0.1, 0.15) is 23.2 Å². The monoisotopic (exact) mass is 235 g/mol. The molecule has 0 aliphatic heterocycles. The van der Waals surface area contributed by atoms with E-state index in [4.69, 9.17) is 5.11 Å². The molecule has 0 saturated heterocycles. The molecule has 2 rings (SSSR count). The molecule has 0 amide bonds. The third-order valence-corrected chi connectivity index (χ3v) is 3.03. The number of aromatic nitrogens is 1. The van der Waals surface area contributed by atoms with Gasteiger partial charge < -0.3 is 5.11 Å². The van der Waals surface area contributed by atoms with E-state index in [9.17, 15) is 9.59 Å². The number of carbonyl (C=O) groups is 2. The molecule has 1 N–H and O–H groups in total. The minimum Gasteiger partial charge on any atom is -0.481 e. The number of ketones is 1. The first-order chi connectivity index (χ1) is 7.66. The quantitative estimate of drug-likeness (QED) is 0.826. The van der Waals surface area contributed by atoms with Crippen LogP contribution in [0.2, 0.25) is 0 Å². The highest BCUT2D eigenvalue weighted by atomic mass is 32.1. The van der Waals surface area contributed by atoms with Gasteiger partial charge >= 0.3 is 5.97 Å². The molecule has 0 fully saturated rings. The SMILES string of the molecule is O=C(O)CCC(=O)c1ccc2scnc2c1. The summed E-state index contributed by atoms with van der Waals surface area (Å²) in [6, 6.07) is 5.25. The highest BCUT2D eigenvalue weighted by molar-refractivity contribution is 7.16. The van der Waals surface area contributed by atoms with E-state index in [-0.39, 0.29) is 18.6 Å². The summed E-state index contributed by atoms with van der Waals surface area (Å²) >= 11 is 1.51. The van der Waals surface area contributed by atoms with Crippen LogP contribution in [0.5, 0.6) is 0 Å². The van der Waals surface area contributed by atoms with Crippen molar-refractivity contribution in [3.05, 3.63) is 29.3 Å². The Kier molecular flexibility index (Phi) is 2.96. The fraction of sp³-hybridized carbons (Fsp3) is 0.182. The lowest BCUT2D eigenvalue weighted by Crippen LogP contribution is -2.03. The van der Waals surface area contributed by atoms with Crippen molar-refractivity contribution in [2.75, 3.05) is 0 Å². The number of hydrogen-bond donors (Lipinski definition) is 1. The van der Waals surface area contributed by atoms with Crippen molar-refractivity contribution in [1.29, 1.82) is 0 Å². The minimum atomic E-state index is -0.955. The van der Waals surface area contributed by atoms with Crippen LogP contribution in [0.3, 0.4) is 0 Å². The van der Waals surface area contributed by atoms with Gasteiger partial charge in [-0.15, -0.1) is 11.3 Å². The maximum Gasteiger partial charge on any atom is 0.303 e. The number of hydrogen-bond acceptors (Lipinski definition) is 4. The van der Waals surface area contributed by atoms with E-state index in [0.29, 0.717) is 5.56 Å². The Morgan fingerprint density at radius 1 is 1.31 bits per heavy atom. The summed E-state index contributed by atoms with van der Waals surface area (Å²) in [5.74, 6) is -1.11. The van der Waals surface area contributed by atoms with Crippen molar-refractivity contribution in [3.63, 3.8) is 0 Å². The fourth-order valence-electron chi connectivity index (χ4n) is 1.40. The van der Waals surface area contributed by atoms with Crippen LogP contribution >= 0.6 is 11.3 Å². The summed E-state index contributed by atoms with van der Waals surface area (Å²) in [6.07, 6.45) is -0.0983. The second-order valence-electron chi connectivity index (χ2n) is 3.35.